The summed E-state index contributed by atoms with van der Waals surface area (Å²) >= 11 is 0. The molecule has 1 saturated heterocycles. The van der Waals surface area contributed by atoms with Crippen molar-refractivity contribution in [2.75, 3.05) is 26.2 Å². The number of piperidine rings is 1. The van der Waals surface area contributed by atoms with Gasteiger partial charge >= 0.3 is 0 Å². The Kier molecular flexibility index (Phi) is 7.61. The van der Waals surface area contributed by atoms with Gasteiger partial charge in [-0.3, -0.25) is 4.79 Å². The minimum atomic E-state index is -3.43. The normalized spacial score (nSPS) is 18.3. The number of likely N-dealkylation sites (tertiary alicyclic amines) is 1. The minimum absolute atomic E-state index is 0.139. The molecule has 1 fully saturated rings. The van der Waals surface area contributed by atoms with E-state index in [2.05, 4.69) is 0 Å². The molecule has 7 heteroatoms. The number of carbonyl (C=O) groups is 1. The van der Waals surface area contributed by atoms with Gasteiger partial charge < -0.3 is 10.6 Å². The Balaban J connectivity index is 1.98. The van der Waals surface area contributed by atoms with Gasteiger partial charge in [-0.05, 0) is 43.4 Å². The fraction of sp³-hybridized carbons (Fsp3) is 0.632. The topological polar surface area (TPSA) is 83.7 Å². The highest BCUT2D eigenvalue weighted by molar-refractivity contribution is 7.89. The van der Waals surface area contributed by atoms with Gasteiger partial charge in [0.1, 0.15) is 0 Å². The summed E-state index contributed by atoms with van der Waals surface area (Å²) in [5.41, 5.74) is 6.76. The Morgan fingerprint density at radius 2 is 1.85 bits per heavy atom. The fourth-order valence-electron chi connectivity index (χ4n) is 3.51. The maximum absolute atomic E-state index is 12.5. The first-order valence-electron chi connectivity index (χ1n) is 9.52. The van der Waals surface area contributed by atoms with Crippen molar-refractivity contribution in [3.8, 4) is 0 Å². The summed E-state index contributed by atoms with van der Waals surface area (Å²) in [7, 11) is -3.43. The largest absolute Gasteiger partial charge is 0.338 e. The molecule has 1 atom stereocenters. The number of rotatable bonds is 8. The molecule has 6 nitrogen and oxygen atoms in total. The summed E-state index contributed by atoms with van der Waals surface area (Å²) in [6.07, 6.45) is 4.20. The van der Waals surface area contributed by atoms with Gasteiger partial charge in [0.25, 0.3) is 0 Å². The minimum Gasteiger partial charge on any atom is -0.338 e. The van der Waals surface area contributed by atoms with Gasteiger partial charge in [-0.1, -0.05) is 26.0 Å². The number of sulfonamides is 1. The molecule has 1 aromatic rings. The monoisotopic (exact) mass is 381 g/mol. The van der Waals surface area contributed by atoms with Crippen LogP contribution in [0.2, 0.25) is 0 Å². The van der Waals surface area contributed by atoms with Crippen molar-refractivity contribution >= 4 is 15.9 Å². The summed E-state index contributed by atoms with van der Waals surface area (Å²) in [4.78, 5) is 14.7. The quantitative estimate of drug-likeness (QED) is 0.746. The number of nitrogens with zero attached hydrogens (tertiary/aromatic N) is 2. The van der Waals surface area contributed by atoms with Crippen LogP contribution in [0.5, 0.6) is 0 Å². The molecule has 26 heavy (non-hydrogen) atoms. The molecule has 1 unspecified atom stereocenters. The van der Waals surface area contributed by atoms with Crippen LogP contribution >= 0.6 is 0 Å². The Morgan fingerprint density at radius 3 is 2.42 bits per heavy atom. The van der Waals surface area contributed by atoms with E-state index in [0.717, 1.165) is 31.4 Å². The van der Waals surface area contributed by atoms with Crippen LogP contribution in [0.25, 0.3) is 0 Å². The Morgan fingerprint density at radius 1 is 1.19 bits per heavy atom. The SMILES string of the molecule is CCN(CC)S(=O)(=O)c1ccc(CCC(=O)N2CCCCC2CN)cc1. The molecule has 1 aliphatic rings. The molecule has 1 amide bonds. The lowest BCUT2D eigenvalue weighted by Crippen LogP contribution is -2.47. The summed E-state index contributed by atoms with van der Waals surface area (Å²) in [6, 6.07) is 7.05. The predicted octanol–water partition coefficient (Wildman–Crippen LogP) is 1.99. The Labute approximate surface area is 157 Å². The van der Waals surface area contributed by atoms with E-state index in [1.54, 1.807) is 24.3 Å². The highest BCUT2D eigenvalue weighted by Crippen LogP contribution is 2.19. The second kappa shape index (κ2) is 9.48. The second-order valence-corrected chi connectivity index (χ2v) is 8.64. The van der Waals surface area contributed by atoms with E-state index in [0.29, 0.717) is 37.4 Å². The van der Waals surface area contributed by atoms with Crippen molar-refractivity contribution in [2.45, 2.75) is 56.9 Å². The molecular weight excluding hydrogens is 350 g/mol. The fourth-order valence-corrected chi connectivity index (χ4v) is 4.97. The van der Waals surface area contributed by atoms with Gasteiger partial charge in [-0.2, -0.15) is 4.31 Å². The molecule has 1 aromatic carbocycles. The second-order valence-electron chi connectivity index (χ2n) is 6.71. The van der Waals surface area contributed by atoms with Crippen molar-refractivity contribution in [3.05, 3.63) is 29.8 Å². The van der Waals surface area contributed by atoms with Gasteiger partial charge in [0.15, 0.2) is 0 Å². The molecule has 0 aromatic heterocycles. The third-order valence-corrected chi connectivity index (χ3v) is 7.18. The first-order chi connectivity index (χ1) is 12.4. The van der Waals surface area contributed by atoms with Crippen LogP contribution in [0, 0.1) is 0 Å². The summed E-state index contributed by atoms with van der Waals surface area (Å²) in [6.45, 7) is 5.87. The number of amides is 1. The van der Waals surface area contributed by atoms with E-state index in [9.17, 15) is 13.2 Å². The average molecular weight is 382 g/mol. The zero-order chi connectivity index (χ0) is 19.2. The van der Waals surface area contributed by atoms with E-state index in [1.807, 2.05) is 18.7 Å². The van der Waals surface area contributed by atoms with E-state index >= 15 is 0 Å². The number of nitrogens with two attached hydrogens (primary N) is 1. The summed E-state index contributed by atoms with van der Waals surface area (Å²) in [5.74, 6) is 0.139. The molecule has 0 bridgehead atoms. The van der Waals surface area contributed by atoms with Crippen LogP contribution in [0.3, 0.4) is 0 Å². The van der Waals surface area contributed by atoms with Gasteiger partial charge in [0, 0.05) is 38.6 Å². The lowest BCUT2D eigenvalue weighted by molar-refractivity contribution is -0.134. The van der Waals surface area contributed by atoms with E-state index in [1.165, 1.54) is 4.31 Å². The zero-order valence-electron chi connectivity index (χ0n) is 15.9. The highest BCUT2D eigenvalue weighted by atomic mass is 32.2. The number of hydrogen-bond acceptors (Lipinski definition) is 4. The molecule has 0 aliphatic carbocycles. The van der Waals surface area contributed by atoms with Crippen molar-refractivity contribution in [3.63, 3.8) is 0 Å². The molecular formula is C19H31N3O3S. The van der Waals surface area contributed by atoms with Crippen molar-refractivity contribution in [1.29, 1.82) is 0 Å². The third-order valence-electron chi connectivity index (χ3n) is 5.11. The van der Waals surface area contributed by atoms with Crippen LogP contribution in [0.1, 0.15) is 45.1 Å². The molecule has 0 radical (unpaired) electrons. The summed E-state index contributed by atoms with van der Waals surface area (Å²) < 4.78 is 26.4. The van der Waals surface area contributed by atoms with Gasteiger partial charge in [-0.25, -0.2) is 8.42 Å². The number of carbonyl (C=O) groups excluding carboxylic acids is 1. The van der Waals surface area contributed by atoms with Gasteiger partial charge in [0.05, 0.1) is 4.90 Å². The van der Waals surface area contributed by atoms with Gasteiger partial charge in [-0.15, -0.1) is 0 Å². The predicted molar refractivity (Wildman–Crippen MR) is 103 cm³/mol. The molecule has 0 saturated carbocycles. The smallest absolute Gasteiger partial charge is 0.243 e. The lowest BCUT2D eigenvalue weighted by atomic mass is 10.0. The number of aryl methyl sites for hydroxylation is 1. The van der Waals surface area contributed by atoms with Crippen LogP contribution < -0.4 is 5.73 Å². The molecule has 146 valence electrons. The lowest BCUT2D eigenvalue weighted by Gasteiger charge is -2.35. The van der Waals surface area contributed by atoms with Crippen molar-refractivity contribution in [1.82, 2.24) is 9.21 Å². The molecule has 0 spiro atoms. The highest BCUT2D eigenvalue weighted by Gasteiger charge is 2.25. The summed E-state index contributed by atoms with van der Waals surface area (Å²) in [5, 5.41) is 0. The zero-order valence-corrected chi connectivity index (χ0v) is 16.7. The van der Waals surface area contributed by atoms with Gasteiger partial charge in [0.2, 0.25) is 15.9 Å². The van der Waals surface area contributed by atoms with Crippen molar-refractivity contribution < 1.29 is 13.2 Å². The molecule has 1 aliphatic heterocycles. The molecule has 1 heterocycles. The van der Waals surface area contributed by atoms with Crippen LogP contribution in [0.15, 0.2) is 29.2 Å². The average Bonchev–Trinajstić information content (AvgIpc) is 2.67. The maximum atomic E-state index is 12.5. The van der Waals surface area contributed by atoms with E-state index in [4.69, 9.17) is 5.73 Å². The maximum Gasteiger partial charge on any atom is 0.243 e. The van der Waals surface area contributed by atoms with Crippen LogP contribution in [-0.2, 0) is 21.2 Å². The first-order valence-corrected chi connectivity index (χ1v) is 11.0. The first kappa shape index (κ1) is 20.9. The Bertz CT molecular complexity index is 684. The van der Waals surface area contributed by atoms with Crippen LogP contribution in [0.4, 0.5) is 0 Å². The van der Waals surface area contributed by atoms with Crippen molar-refractivity contribution in [2.24, 2.45) is 5.73 Å². The van der Waals surface area contributed by atoms with E-state index < -0.39 is 10.0 Å². The molecule has 2 N–H and O–H groups in total. The standard InChI is InChI=1S/C19H31N3O3S/c1-3-21(4-2)26(24,25)18-11-8-16(9-12-18)10-13-19(23)22-14-6-5-7-17(22)15-20/h8-9,11-12,17H,3-7,10,13-15,20H2,1-2H3. The Hall–Kier alpha value is -1.44. The third kappa shape index (κ3) is 4.84. The molecule has 2 rings (SSSR count). The number of benzene rings is 1. The van der Waals surface area contributed by atoms with E-state index in [-0.39, 0.29) is 11.9 Å². The van der Waals surface area contributed by atoms with Crippen LogP contribution in [-0.4, -0.2) is 55.8 Å². The number of hydrogen-bond donors (Lipinski definition) is 1.